The Labute approximate surface area is 196 Å². The van der Waals surface area contributed by atoms with Crippen LogP contribution in [0.25, 0.3) is 28.3 Å². The highest BCUT2D eigenvalue weighted by Gasteiger charge is 2.33. The third-order valence-electron chi connectivity index (χ3n) is 6.98. The van der Waals surface area contributed by atoms with E-state index in [1.165, 1.54) is 0 Å². The summed E-state index contributed by atoms with van der Waals surface area (Å²) in [5.41, 5.74) is 3.58. The van der Waals surface area contributed by atoms with E-state index in [9.17, 15) is 4.79 Å². The third kappa shape index (κ3) is 3.33. The second-order valence-corrected chi connectivity index (χ2v) is 8.84. The first kappa shape index (κ1) is 21.1. The van der Waals surface area contributed by atoms with Crippen molar-refractivity contribution in [1.29, 1.82) is 0 Å². The number of hydrogen-bond acceptors (Lipinski definition) is 7. The predicted molar refractivity (Wildman–Crippen MR) is 126 cm³/mol. The molecule has 176 valence electrons. The number of nitrogens with zero attached hydrogens (tertiary/aromatic N) is 5. The number of carbonyl (C=O) groups is 1. The molecule has 5 heterocycles. The topological polar surface area (TPSA) is 108 Å². The Bertz CT molecular complexity index is 1320. The van der Waals surface area contributed by atoms with Gasteiger partial charge in [-0.1, -0.05) is 0 Å². The molecule has 4 aliphatic rings. The van der Waals surface area contributed by atoms with E-state index in [1.54, 1.807) is 17.8 Å². The lowest BCUT2D eigenvalue weighted by Gasteiger charge is -2.35. The Kier molecular flexibility index (Phi) is 5.19. The molecule has 0 aromatic carbocycles. The van der Waals surface area contributed by atoms with Gasteiger partial charge in [0.1, 0.15) is 17.2 Å². The molecule has 6 rings (SSSR count). The van der Waals surface area contributed by atoms with Crippen LogP contribution in [0.3, 0.4) is 0 Å². The lowest BCUT2D eigenvalue weighted by atomic mass is 9.89. The van der Waals surface area contributed by atoms with Crippen LogP contribution >= 0.6 is 0 Å². The SMILES string of the molecule is CNc1cc(-c2cnc3n(C4CCOC4)cccc2-3)nc2c(C(=O)N[C@H]3CC[C@@H]3OC)cnn12. The van der Waals surface area contributed by atoms with Gasteiger partial charge >= 0.3 is 0 Å². The highest BCUT2D eigenvalue weighted by atomic mass is 16.5. The average molecular weight is 462 g/mol. The van der Waals surface area contributed by atoms with Crippen molar-refractivity contribution in [2.75, 3.05) is 32.7 Å². The molecule has 0 bridgehead atoms. The average Bonchev–Trinajstić information content (AvgIpc) is 3.60. The number of ether oxygens (including phenoxy) is 2. The standard InChI is InChI=1S/C24H27N7O3/c1-25-21-10-19(16-11-26-22-15(16)4-3-8-30(22)14-7-9-34-13-14)28-23-17(12-27-31(21)23)24(32)29-18-5-6-20(18)33-2/h3-4,8,10-12,14,18,20,25H,5-7,9,13H2,1-2H3,(H,29,32)/t14?,18-,20-/m0/s1. The van der Waals surface area contributed by atoms with E-state index in [2.05, 4.69) is 32.6 Å². The van der Waals surface area contributed by atoms with Gasteiger partial charge in [-0.25, -0.2) is 9.97 Å². The summed E-state index contributed by atoms with van der Waals surface area (Å²) in [5, 5.41) is 10.7. The van der Waals surface area contributed by atoms with Crippen molar-refractivity contribution in [1.82, 2.24) is 29.5 Å². The molecular formula is C24H27N7O3. The molecule has 2 aromatic rings. The van der Waals surface area contributed by atoms with Crippen molar-refractivity contribution in [3.8, 4) is 22.6 Å². The third-order valence-corrected chi connectivity index (χ3v) is 6.98. The van der Waals surface area contributed by atoms with Crippen LogP contribution in [0.5, 0.6) is 0 Å². The van der Waals surface area contributed by atoms with Crippen LogP contribution in [0.1, 0.15) is 35.7 Å². The van der Waals surface area contributed by atoms with Gasteiger partial charge in [0, 0.05) is 50.4 Å². The molecule has 2 aromatic heterocycles. The molecule has 0 radical (unpaired) electrons. The van der Waals surface area contributed by atoms with Crippen molar-refractivity contribution in [3.63, 3.8) is 0 Å². The van der Waals surface area contributed by atoms with Crippen molar-refractivity contribution >= 4 is 17.4 Å². The normalized spacial score (nSPS) is 22.2. The second-order valence-electron chi connectivity index (χ2n) is 8.84. The number of carbonyl (C=O) groups excluding carboxylic acids is 1. The minimum absolute atomic E-state index is 0.0117. The van der Waals surface area contributed by atoms with E-state index in [4.69, 9.17) is 19.4 Å². The Morgan fingerprint density at radius 3 is 2.88 bits per heavy atom. The molecule has 34 heavy (non-hydrogen) atoms. The molecule has 1 amide bonds. The molecule has 1 saturated heterocycles. The molecular weight excluding hydrogens is 434 g/mol. The smallest absolute Gasteiger partial charge is 0.257 e. The molecule has 1 saturated carbocycles. The maximum atomic E-state index is 13.1. The van der Waals surface area contributed by atoms with Gasteiger partial charge in [0.15, 0.2) is 5.65 Å². The lowest BCUT2D eigenvalue weighted by Crippen LogP contribution is -2.51. The van der Waals surface area contributed by atoms with E-state index in [0.717, 1.165) is 54.3 Å². The molecule has 10 heteroatoms. The first-order valence-electron chi connectivity index (χ1n) is 11.6. The summed E-state index contributed by atoms with van der Waals surface area (Å²) in [5.74, 6) is 1.44. The van der Waals surface area contributed by atoms with Gasteiger partial charge in [-0.2, -0.15) is 9.61 Å². The number of aromatic nitrogens is 5. The maximum absolute atomic E-state index is 13.1. The Hall–Kier alpha value is -3.50. The van der Waals surface area contributed by atoms with Crippen LogP contribution in [-0.2, 0) is 9.47 Å². The fraction of sp³-hybridized carbons (Fsp3) is 0.417. The van der Waals surface area contributed by atoms with Crippen LogP contribution in [0.15, 0.2) is 36.8 Å². The number of anilines is 1. The van der Waals surface area contributed by atoms with Crippen molar-refractivity contribution in [3.05, 3.63) is 42.4 Å². The largest absolute Gasteiger partial charge is 0.379 e. The molecule has 0 spiro atoms. The summed E-state index contributed by atoms with van der Waals surface area (Å²) in [7, 11) is 3.50. The quantitative estimate of drug-likeness (QED) is 0.454. The minimum Gasteiger partial charge on any atom is -0.379 e. The second kappa shape index (κ2) is 8.37. The number of rotatable bonds is 6. The van der Waals surface area contributed by atoms with Gasteiger partial charge in [-0.15, -0.1) is 0 Å². The number of hydrogen-bond donors (Lipinski definition) is 2. The molecule has 3 atom stereocenters. The molecule has 10 nitrogen and oxygen atoms in total. The molecule has 3 aliphatic heterocycles. The summed E-state index contributed by atoms with van der Waals surface area (Å²) in [6.07, 6.45) is 8.36. The van der Waals surface area contributed by atoms with E-state index >= 15 is 0 Å². The molecule has 1 unspecified atom stereocenters. The van der Waals surface area contributed by atoms with E-state index < -0.39 is 0 Å². The number of fused-ring (bicyclic) bond motifs is 2. The highest BCUT2D eigenvalue weighted by Crippen LogP contribution is 2.36. The van der Waals surface area contributed by atoms with Crippen LogP contribution in [0, 0.1) is 0 Å². The minimum atomic E-state index is -0.196. The van der Waals surface area contributed by atoms with E-state index in [1.807, 2.05) is 25.4 Å². The van der Waals surface area contributed by atoms with Crippen LogP contribution in [0.2, 0.25) is 0 Å². The fourth-order valence-corrected chi connectivity index (χ4v) is 4.90. The molecule has 2 N–H and O–H groups in total. The van der Waals surface area contributed by atoms with Crippen molar-refractivity contribution in [2.24, 2.45) is 0 Å². The zero-order valence-corrected chi connectivity index (χ0v) is 19.2. The first-order chi connectivity index (χ1) is 16.7. The highest BCUT2D eigenvalue weighted by molar-refractivity contribution is 6.00. The monoisotopic (exact) mass is 461 g/mol. The number of amides is 1. The van der Waals surface area contributed by atoms with Crippen LogP contribution in [-0.4, -0.2) is 69.6 Å². The van der Waals surface area contributed by atoms with Gasteiger partial charge in [-0.05, 0) is 31.4 Å². The van der Waals surface area contributed by atoms with Gasteiger partial charge in [0.2, 0.25) is 0 Å². The van der Waals surface area contributed by atoms with Crippen LogP contribution < -0.4 is 10.6 Å². The zero-order valence-electron chi connectivity index (χ0n) is 19.2. The van der Waals surface area contributed by atoms with Gasteiger partial charge in [0.05, 0.1) is 36.7 Å². The first-order valence-corrected chi connectivity index (χ1v) is 11.6. The van der Waals surface area contributed by atoms with E-state index in [0.29, 0.717) is 17.8 Å². The fourth-order valence-electron chi connectivity index (χ4n) is 4.90. The predicted octanol–water partition coefficient (Wildman–Crippen LogP) is 2.61. The van der Waals surface area contributed by atoms with Gasteiger partial charge in [-0.3, -0.25) is 4.79 Å². The Morgan fingerprint density at radius 2 is 2.15 bits per heavy atom. The Balaban J connectivity index is 1.39. The molecule has 2 fully saturated rings. The summed E-state index contributed by atoms with van der Waals surface area (Å²) in [6.45, 7) is 1.46. The van der Waals surface area contributed by atoms with Crippen molar-refractivity contribution in [2.45, 2.75) is 37.5 Å². The van der Waals surface area contributed by atoms with Crippen molar-refractivity contribution < 1.29 is 14.3 Å². The van der Waals surface area contributed by atoms with E-state index in [-0.39, 0.29) is 24.1 Å². The summed E-state index contributed by atoms with van der Waals surface area (Å²) in [4.78, 5) is 22.7. The summed E-state index contributed by atoms with van der Waals surface area (Å²) in [6, 6.07) is 6.31. The number of pyridine rings is 1. The van der Waals surface area contributed by atoms with Gasteiger partial charge < -0.3 is 24.7 Å². The number of nitrogens with one attached hydrogen (secondary N) is 2. The number of methoxy groups -OCH3 is 1. The zero-order chi connectivity index (χ0) is 23.2. The molecule has 1 aliphatic carbocycles. The maximum Gasteiger partial charge on any atom is 0.257 e. The Morgan fingerprint density at radius 1 is 1.24 bits per heavy atom. The summed E-state index contributed by atoms with van der Waals surface area (Å²) < 4.78 is 14.8. The lowest BCUT2D eigenvalue weighted by molar-refractivity contribution is 0.00732. The van der Waals surface area contributed by atoms with Gasteiger partial charge in [0.25, 0.3) is 5.91 Å². The van der Waals surface area contributed by atoms with Crippen LogP contribution in [0.4, 0.5) is 5.82 Å². The summed E-state index contributed by atoms with van der Waals surface area (Å²) >= 11 is 0.